The van der Waals surface area contributed by atoms with Crippen LogP contribution in [0.4, 0.5) is 5.95 Å². The molecule has 0 saturated carbocycles. The molecule has 0 radical (unpaired) electrons. The SMILES string of the molecule is NC(N)=NCCCO[C@@H]1[C@H](O)[C@@H](CO)O[C@H]1n1cnc2c(=O)[nH]c(N)nc21. The van der Waals surface area contributed by atoms with Gasteiger partial charge in [-0.1, -0.05) is 0 Å². The monoisotopic (exact) mass is 382 g/mol. The first-order valence-corrected chi connectivity index (χ1v) is 8.26. The first-order valence-electron chi connectivity index (χ1n) is 8.26. The Labute approximate surface area is 152 Å². The zero-order valence-electron chi connectivity index (χ0n) is 14.4. The molecule has 0 aromatic carbocycles. The topological polar surface area (TPSA) is 213 Å². The molecule has 0 aliphatic carbocycles. The molecular formula is C14H22N8O5. The summed E-state index contributed by atoms with van der Waals surface area (Å²) in [6, 6.07) is 0. The number of anilines is 1. The van der Waals surface area contributed by atoms with Crippen LogP contribution in [0, 0.1) is 0 Å². The number of imidazole rings is 1. The van der Waals surface area contributed by atoms with Gasteiger partial charge in [-0.25, -0.2) is 4.98 Å². The van der Waals surface area contributed by atoms with Gasteiger partial charge in [0, 0.05) is 13.2 Å². The number of aromatic nitrogens is 4. The number of aliphatic hydroxyl groups excluding tert-OH is 2. The van der Waals surface area contributed by atoms with Crippen molar-refractivity contribution in [2.45, 2.75) is 31.0 Å². The summed E-state index contributed by atoms with van der Waals surface area (Å²) >= 11 is 0. The molecule has 13 heteroatoms. The summed E-state index contributed by atoms with van der Waals surface area (Å²) in [6.07, 6.45) is -1.80. The van der Waals surface area contributed by atoms with Gasteiger partial charge in [-0.15, -0.1) is 0 Å². The fourth-order valence-corrected chi connectivity index (χ4v) is 2.89. The number of aliphatic imine (C=N–C) groups is 1. The number of nitrogens with two attached hydrogens (primary N) is 3. The van der Waals surface area contributed by atoms with Crippen molar-refractivity contribution in [3.05, 3.63) is 16.7 Å². The summed E-state index contributed by atoms with van der Waals surface area (Å²) in [5.41, 5.74) is 15.9. The van der Waals surface area contributed by atoms with Crippen LogP contribution in [0.25, 0.3) is 11.2 Å². The van der Waals surface area contributed by atoms with Crippen molar-refractivity contribution < 1.29 is 19.7 Å². The number of aromatic amines is 1. The standard InChI is InChI=1S/C14H22N8O5/c15-13(16)18-2-1-3-26-9-8(24)6(4-23)27-12(9)22-5-19-7-10(22)20-14(17)21-11(7)25/h5-6,8-9,12,23-24H,1-4H2,(H4,15,16,18)(H3,17,20,21,25)/t6-,8-,9-,12-/m1/s1. The molecule has 0 unspecified atom stereocenters. The minimum absolute atomic E-state index is 0.0174. The van der Waals surface area contributed by atoms with Crippen molar-refractivity contribution in [3.8, 4) is 0 Å². The third-order valence-electron chi connectivity index (χ3n) is 4.12. The number of fused-ring (bicyclic) bond motifs is 1. The Bertz CT molecular complexity index is 876. The average molecular weight is 382 g/mol. The van der Waals surface area contributed by atoms with Gasteiger partial charge in [-0.05, 0) is 6.42 Å². The van der Waals surface area contributed by atoms with E-state index in [9.17, 15) is 15.0 Å². The van der Waals surface area contributed by atoms with Crippen molar-refractivity contribution in [2.75, 3.05) is 25.5 Å². The third-order valence-corrected chi connectivity index (χ3v) is 4.12. The number of guanidine groups is 1. The quantitative estimate of drug-likeness (QED) is 0.162. The molecule has 1 aliphatic heterocycles. The van der Waals surface area contributed by atoms with E-state index in [1.165, 1.54) is 10.9 Å². The molecule has 1 fully saturated rings. The van der Waals surface area contributed by atoms with Gasteiger partial charge in [0.1, 0.15) is 18.3 Å². The van der Waals surface area contributed by atoms with E-state index in [0.717, 1.165) is 0 Å². The molecule has 4 atom stereocenters. The Kier molecular flexibility index (Phi) is 5.55. The Morgan fingerprint density at radius 3 is 2.96 bits per heavy atom. The second-order valence-electron chi connectivity index (χ2n) is 6.01. The number of H-pyrrole nitrogens is 1. The van der Waals surface area contributed by atoms with Gasteiger partial charge in [0.15, 0.2) is 23.4 Å². The highest BCUT2D eigenvalue weighted by Gasteiger charge is 2.45. The maximum absolute atomic E-state index is 11.9. The minimum Gasteiger partial charge on any atom is -0.394 e. The lowest BCUT2D eigenvalue weighted by Gasteiger charge is -2.22. The second-order valence-corrected chi connectivity index (χ2v) is 6.01. The number of aliphatic hydroxyl groups is 2. The zero-order chi connectivity index (χ0) is 19.6. The smallest absolute Gasteiger partial charge is 0.280 e. The molecule has 9 N–H and O–H groups in total. The summed E-state index contributed by atoms with van der Waals surface area (Å²) in [6.45, 7) is 0.190. The third kappa shape index (κ3) is 3.85. The normalized spacial score (nSPS) is 25.1. The summed E-state index contributed by atoms with van der Waals surface area (Å²) in [5, 5.41) is 19.9. The molecule has 13 nitrogen and oxygen atoms in total. The summed E-state index contributed by atoms with van der Waals surface area (Å²) in [5.74, 6) is -0.0996. The second kappa shape index (κ2) is 7.87. The fourth-order valence-electron chi connectivity index (χ4n) is 2.89. The number of hydrogen-bond donors (Lipinski definition) is 6. The predicted octanol–water partition coefficient (Wildman–Crippen LogP) is -3.00. The van der Waals surface area contributed by atoms with E-state index in [4.69, 9.17) is 26.7 Å². The van der Waals surface area contributed by atoms with Gasteiger partial charge in [0.25, 0.3) is 5.56 Å². The predicted molar refractivity (Wildman–Crippen MR) is 94.6 cm³/mol. The number of ether oxygens (including phenoxy) is 2. The first kappa shape index (κ1) is 19.0. The van der Waals surface area contributed by atoms with Crippen LogP contribution in [0.5, 0.6) is 0 Å². The molecule has 0 spiro atoms. The van der Waals surface area contributed by atoms with Crippen molar-refractivity contribution in [3.63, 3.8) is 0 Å². The van der Waals surface area contributed by atoms with Crippen molar-refractivity contribution >= 4 is 23.1 Å². The van der Waals surface area contributed by atoms with E-state index in [-0.39, 0.29) is 29.7 Å². The number of hydrogen-bond acceptors (Lipinski definition) is 9. The van der Waals surface area contributed by atoms with Crippen LogP contribution in [-0.4, -0.2) is 73.8 Å². The van der Waals surface area contributed by atoms with E-state index < -0.39 is 36.7 Å². The molecule has 0 amide bonds. The average Bonchev–Trinajstić information content (AvgIpc) is 3.16. The molecule has 1 aliphatic rings. The van der Waals surface area contributed by atoms with Crippen LogP contribution in [0.15, 0.2) is 16.1 Å². The van der Waals surface area contributed by atoms with E-state index in [2.05, 4.69) is 19.9 Å². The molecule has 0 bridgehead atoms. The molecular weight excluding hydrogens is 360 g/mol. The Balaban J connectivity index is 1.83. The highest BCUT2D eigenvalue weighted by atomic mass is 16.6. The van der Waals surface area contributed by atoms with Crippen LogP contribution >= 0.6 is 0 Å². The fraction of sp³-hybridized carbons (Fsp3) is 0.571. The lowest BCUT2D eigenvalue weighted by molar-refractivity contribution is -0.0705. The lowest BCUT2D eigenvalue weighted by Crippen LogP contribution is -2.35. The van der Waals surface area contributed by atoms with E-state index >= 15 is 0 Å². The van der Waals surface area contributed by atoms with Gasteiger partial charge in [0.2, 0.25) is 5.95 Å². The van der Waals surface area contributed by atoms with Crippen LogP contribution in [-0.2, 0) is 9.47 Å². The van der Waals surface area contributed by atoms with Crippen molar-refractivity contribution in [1.82, 2.24) is 19.5 Å². The highest BCUT2D eigenvalue weighted by Crippen LogP contribution is 2.33. The molecule has 3 heterocycles. The number of nitrogen functional groups attached to an aromatic ring is 1. The molecule has 2 aromatic heterocycles. The van der Waals surface area contributed by atoms with Crippen molar-refractivity contribution in [1.29, 1.82) is 0 Å². The Morgan fingerprint density at radius 1 is 1.48 bits per heavy atom. The largest absolute Gasteiger partial charge is 0.394 e. The highest BCUT2D eigenvalue weighted by molar-refractivity contribution is 5.75. The number of rotatable bonds is 7. The summed E-state index contributed by atoms with van der Waals surface area (Å²) in [7, 11) is 0. The van der Waals surface area contributed by atoms with Gasteiger partial charge in [-0.3, -0.25) is 19.3 Å². The van der Waals surface area contributed by atoms with Gasteiger partial charge in [-0.2, -0.15) is 4.98 Å². The van der Waals surface area contributed by atoms with Crippen LogP contribution in [0.1, 0.15) is 12.6 Å². The van der Waals surface area contributed by atoms with Gasteiger partial charge < -0.3 is 36.9 Å². The maximum atomic E-state index is 11.9. The minimum atomic E-state index is -1.10. The van der Waals surface area contributed by atoms with E-state index in [1.54, 1.807) is 0 Å². The Morgan fingerprint density at radius 2 is 2.26 bits per heavy atom. The Hall–Kier alpha value is -2.74. The van der Waals surface area contributed by atoms with Crippen LogP contribution in [0.3, 0.4) is 0 Å². The van der Waals surface area contributed by atoms with Crippen LogP contribution < -0.4 is 22.8 Å². The van der Waals surface area contributed by atoms with Gasteiger partial charge in [0.05, 0.1) is 12.9 Å². The molecule has 148 valence electrons. The lowest BCUT2D eigenvalue weighted by atomic mass is 10.1. The number of nitrogens with zero attached hydrogens (tertiary/aromatic N) is 4. The van der Waals surface area contributed by atoms with E-state index in [1.807, 2.05) is 0 Å². The van der Waals surface area contributed by atoms with E-state index in [0.29, 0.717) is 13.0 Å². The molecule has 27 heavy (non-hydrogen) atoms. The zero-order valence-corrected chi connectivity index (χ0v) is 14.4. The molecule has 1 saturated heterocycles. The van der Waals surface area contributed by atoms with Crippen LogP contribution in [0.2, 0.25) is 0 Å². The molecule has 2 aromatic rings. The van der Waals surface area contributed by atoms with Crippen molar-refractivity contribution in [2.24, 2.45) is 16.5 Å². The van der Waals surface area contributed by atoms with Gasteiger partial charge >= 0.3 is 0 Å². The number of nitrogens with one attached hydrogen (secondary N) is 1. The molecule has 3 rings (SSSR count). The maximum Gasteiger partial charge on any atom is 0.280 e. The first-order chi connectivity index (χ1) is 12.9. The summed E-state index contributed by atoms with van der Waals surface area (Å²) < 4.78 is 12.9. The summed E-state index contributed by atoms with van der Waals surface area (Å²) in [4.78, 5) is 26.2.